The summed E-state index contributed by atoms with van der Waals surface area (Å²) in [7, 11) is 1.93. The molecule has 0 bridgehead atoms. The highest BCUT2D eigenvalue weighted by atomic mass is 32.2. The monoisotopic (exact) mass is 352 g/mol. The molecule has 0 aliphatic heterocycles. The number of pyridine rings is 1. The van der Waals surface area contributed by atoms with Gasteiger partial charge in [0.25, 0.3) is 0 Å². The molecule has 0 aliphatic carbocycles. The third kappa shape index (κ3) is 4.76. The summed E-state index contributed by atoms with van der Waals surface area (Å²) in [5, 5.41) is 9.13. The van der Waals surface area contributed by atoms with Crippen molar-refractivity contribution in [3.05, 3.63) is 71.8 Å². The molecule has 2 aromatic heterocycles. The standard InChI is InChI=1S/C19H20N4OS/c1-14(25-19-22-21-13-23(19)2)16-7-5-6-15(10-16)11-18(24)12-17-8-3-4-9-20-17/h3-10,13-14H,11-12H2,1-2H3/t14-/m0/s1. The quantitative estimate of drug-likeness (QED) is 0.610. The molecule has 0 amide bonds. The topological polar surface area (TPSA) is 60.7 Å². The number of rotatable bonds is 7. The average molecular weight is 352 g/mol. The predicted molar refractivity (Wildman–Crippen MR) is 98.4 cm³/mol. The smallest absolute Gasteiger partial charge is 0.191 e. The van der Waals surface area contributed by atoms with Gasteiger partial charge >= 0.3 is 0 Å². The van der Waals surface area contributed by atoms with Gasteiger partial charge in [-0.1, -0.05) is 42.1 Å². The number of hydrogen-bond donors (Lipinski definition) is 0. The highest BCUT2D eigenvalue weighted by Crippen LogP contribution is 2.33. The fraction of sp³-hybridized carbons (Fsp3) is 0.263. The molecule has 3 rings (SSSR count). The van der Waals surface area contributed by atoms with Crippen LogP contribution < -0.4 is 0 Å². The minimum atomic E-state index is 0.171. The zero-order chi connectivity index (χ0) is 17.6. The van der Waals surface area contributed by atoms with Crippen molar-refractivity contribution < 1.29 is 4.79 Å². The van der Waals surface area contributed by atoms with Crippen molar-refractivity contribution >= 4 is 17.5 Å². The molecule has 0 unspecified atom stereocenters. The second-order valence-corrected chi connectivity index (χ2v) is 7.25. The molecule has 128 valence electrons. The number of benzene rings is 1. The number of carbonyl (C=O) groups is 1. The summed E-state index contributed by atoms with van der Waals surface area (Å²) in [5.74, 6) is 0.171. The zero-order valence-electron chi connectivity index (χ0n) is 14.3. The molecule has 0 spiro atoms. The Morgan fingerprint density at radius 3 is 2.80 bits per heavy atom. The lowest BCUT2D eigenvalue weighted by molar-refractivity contribution is -0.117. The molecule has 0 fully saturated rings. The number of carbonyl (C=O) groups excluding carboxylic acids is 1. The van der Waals surface area contributed by atoms with E-state index in [1.54, 1.807) is 24.3 Å². The molecule has 0 N–H and O–H groups in total. The second-order valence-electron chi connectivity index (χ2n) is 5.94. The number of nitrogens with zero attached hydrogens (tertiary/aromatic N) is 4. The highest BCUT2D eigenvalue weighted by molar-refractivity contribution is 7.99. The summed E-state index contributed by atoms with van der Waals surface area (Å²) >= 11 is 1.65. The second kappa shape index (κ2) is 8.07. The lowest BCUT2D eigenvalue weighted by Gasteiger charge is -2.12. The molecule has 1 aromatic carbocycles. The van der Waals surface area contributed by atoms with Gasteiger partial charge in [-0.25, -0.2) is 0 Å². The first-order chi connectivity index (χ1) is 12.1. The van der Waals surface area contributed by atoms with E-state index in [1.165, 1.54) is 5.56 Å². The van der Waals surface area contributed by atoms with E-state index in [1.807, 2.05) is 41.9 Å². The fourth-order valence-corrected chi connectivity index (χ4v) is 3.46. The number of hydrogen-bond acceptors (Lipinski definition) is 5. The maximum absolute atomic E-state index is 12.3. The maximum Gasteiger partial charge on any atom is 0.191 e. The third-order valence-corrected chi connectivity index (χ3v) is 5.08. The Labute approximate surface area is 151 Å². The Balaban J connectivity index is 1.64. The first kappa shape index (κ1) is 17.4. The van der Waals surface area contributed by atoms with E-state index in [-0.39, 0.29) is 11.0 Å². The van der Waals surface area contributed by atoms with Gasteiger partial charge in [-0.2, -0.15) is 0 Å². The van der Waals surface area contributed by atoms with Crippen LogP contribution in [-0.2, 0) is 24.7 Å². The van der Waals surface area contributed by atoms with Gasteiger partial charge in [-0.3, -0.25) is 9.78 Å². The summed E-state index contributed by atoms with van der Waals surface area (Å²) in [5.41, 5.74) is 3.02. The Morgan fingerprint density at radius 2 is 2.08 bits per heavy atom. The minimum absolute atomic E-state index is 0.171. The summed E-state index contributed by atoms with van der Waals surface area (Å²) in [4.78, 5) is 16.5. The molecule has 6 heteroatoms. The van der Waals surface area contributed by atoms with E-state index in [0.29, 0.717) is 12.8 Å². The number of thioether (sulfide) groups is 1. The van der Waals surface area contributed by atoms with Crippen LogP contribution in [0.3, 0.4) is 0 Å². The molecule has 2 heterocycles. The van der Waals surface area contributed by atoms with Crippen LogP contribution in [0.2, 0.25) is 0 Å². The molecule has 0 radical (unpaired) electrons. The molecule has 0 aliphatic rings. The van der Waals surface area contributed by atoms with Gasteiger partial charge in [-0.15, -0.1) is 10.2 Å². The molecule has 0 saturated heterocycles. The van der Waals surface area contributed by atoms with Gasteiger partial charge in [0.2, 0.25) is 0 Å². The van der Waals surface area contributed by atoms with Crippen LogP contribution >= 0.6 is 11.8 Å². The van der Waals surface area contributed by atoms with E-state index in [2.05, 4.69) is 34.2 Å². The molecule has 3 aromatic rings. The summed E-state index contributed by atoms with van der Waals surface area (Å²) in [6, 6.07) is 13.8. The number of ketones is 1. The van der Waals surface area contributed by atoms with Gasteiger partial charge in [0.05, 0.1) is 0 Å². The van der Waals surface area contributed by atoms with Crippen LogP contribution in [0.1, 0.15) is 29.0 Å². The van der Waals surface area contributed by atoms with Crippen molar-refractivity contribution in [2.24, 2.45) is 7.05 Å². The molecular weight excluding hydrogens is 332 g/mol. The van der Waals surface area contributed by atoms with Crippen LogP contribution in [0, 0.1) is 0 Å². The Hall–Kier alpha value is -2.47. The first-order valence-corrected chi connectivity index (χ1v) is 9.01. The third-order valence-electron chi connectivity index (χ3n) is 3.88. The van der Waals surface area contributed by atoms with Crippen LogP contribution in [0.4, 0.5) is 0 Å². The molecular formula is C19H20N4OS. The van der Waals surface area contributed by atoms with Crippen molar-refractivity contribution in [3.8, 4) is 0 Å². The van der Waals surface area contributed by atoms with Crippen LogP contribution in [0.15, 0.2) is 60.1 Å². The minimum Gasteiger partial charge on any atom is -0.312 e. The van der Waals surface area contributed by atoms with Gasteiger partial charge < -0.3 is 4.57 Å². The van der Waals surface area contributed by atoms with E-state index >= 15 is 0 Å². The van der Waals surface area contributed by atoms with Crippen LogP contribution in [0.25, 0.3) is 0 Å². The van der Waals surface area contributed by atoms with Crippen molar-refractivity contribution in [2.45, 2.75) is 30.2 Å². The number of aryl methyl sites for hydroxylation is 1. The summed E-state index contributed by atoms with van der Waals surface area (Å²) < 4.78 is 1.90. The Kier molecular flexibility index (Phi) is 5.60. The number of Topliss-reactive ketones (excluding diaryl/α,β-unsaturated/α-hetero) is 1. The Bertz CT molecular complexity index is 847. The van der Waals surface area contributed by atoms with Gasteiger partial charge in [0.15, 0.2) is 5.16 Å². The van der Waals surface area contributed by atoms with Crippen LogP contribution in [0.5, 0.6) is 0 Å². The van der Waals surface area contributed by atoms with Gasteiger partial charge in [-0.05, 0) is 30.2 Å². The molecule has 25 heavy (non-hydrogen) atoms. The summed E-state index contributed by atoms with van der Waals surface area (Å²) in [6.45, 7) is 2.13. The lowest BCUT2D eigenvalue weighted by atomic mass is 10.0. The van der Waals surface area contributed by atoms with E-state index in [0.717, 1.165) is 16.4 Å². The fourth-order valence-electron chi connectivity index (χ4n) is 2.56. The largest absolute Gasteiger partial charge is 0.312 e. The SMILES string of the molecule is C[C@H](Sc1nncn1C)c1cccc(CC(=O)Cc2ccccn2)c1. The van der Waals surface area contributed by atoms with Gasteiger partial charge in [0.1, 0.15) is 12.1 Å². The lowest BCUT2D eigenvalue weighted by Crippen LogP contribution is -2.08. The van der Waals surface area contributed by atoms with Crippen molar-refractivity contribution in [1.29, 1.82) is 0 Å². The van der Waals surface area contributed by atoms with E-state index < -0.39 is 0 Å². The Morgan fingerprint density at radius 1 is 1.20 bits per heavy atom. The predicted octanol–water partition coefficient (Wildman–Crippen LogP) is 3.42. The normalized spacial score (nSPS) is 12.1. The van der Waals surface area contributed by atoms with Gasteiger partial charge in [0, 0.05) is 37.0 Å². The van der Waals surface area contributed by atoms with Crippen LogP contribution in [-0.4, -0.2) is 25.5 Å². The maximum atomic E-state index is 12.3. The zero-order valence-corrected chi connectivity index (χ0v) is 15.1. The summed E-state index contributed by atoms with van der Waals surface area (Å²) in [6.07, 6.45) is 4.20. The first-order valence-electron chi connectivity index (χ1n) is 8.13. The van der Waals surface area contributed by atoms with Crippen molar-refractivity contribution in [3.63, 3.8) is 0 Å². The van der Waals surface area contributed by atoms with Crippen molar-refractivity contribution in [2.75, 3.05) is 0 Å². The highest BCUT2D eigenvalue weighted by Gasteiger charge is 2.13. The number of aromatic nitrogens is 4. The molecule has 0 saturated carbocycles. The molecule has 5 nitrogen and oxygen atoms in total. The molecule has 1 atom stereocenters. The average Bonchev–Trinajstić information content (AvgIpc) is 3.00. The van der Waals surface area contributed by atoms with E-state index in [4.69, 9.17) is 0 Å². The van der Waals surface area contributed by atoms with Crippen molar-refractivity contribution in [1.82, 2.24) is 19.7 Å². The van der Waals surface area contributed by atoms with E-state index in [9.17, 15) is 4.79 Å².